The Morgan fingerprint density at radius 3 is 2.41 bits per heavy atom. The number of rotatable bonds is 7. The minimum atomic E-state index is -0.320. The van der Waals surface area contributed by atoms with Gasteiger partial charge in [0, 0.05) is 12.6 Å². The Hall–Kier alpha value is -3.02. The number of benzene rings is 2. The molecule has 0 radical (unpaired) electrons. The molecule has 6 heteroatoms. The summed E-state index contributed by atoms with van der Waals surface area (Å²) in [6, 6.07) is 10.8. The van der Waals surface area contributed by atoms with E-state index in [4.69, 9.17) is 9.47 Å². The second-order valence-electron chi connectivity index (χ2n) is 6.61. The van der Waals surface area contributed by atoms with E-state index in [1.54, 1.807) is 18.2 Å². The summed E-state index contributed by atoms with van der Waals surface area (Å²) in [6.07, 6.45) is 0. The van der Waals surface area contributed by atoms with Crippen LogP contribution in [0.3, 0.4) is 0 Å². The first kappa shape index (κ1) is 20.3. The second kappa shape index (κ2) is 9.07. The van der Waals surface area contributed by atoms with Crippen molar-refractivity contribution < 1.29 is 19.1 Å². The molecule has 0 atom stereocenters. The highest BCUT2D eigenvalue weighted by molar-refractivity contribution is 5.95. The number of anilines is 2. The lowest BCUT2D eigenvalue weighted by Crippen LogP contribution is -2.20. The van der Waals surface area contributed by atoms with Crippen molar-refractivity contribution in [2.75, 3.05) is 24.4 Å². The molecule has 2 rings (SSSR count). The van der Waals surface area contributed by atoms with Crippen LogP contribution in [0.15, 0.2) is 36.4 Å². The van der Waals surface area contributed by atoms with Crippen LogP contribution in [0.1, 0.15) is 37.8 Å². The number of nitrogens with one attached hydrogen (secondary N) is 2. The van der Waals surface area contributed by atoms with Crippen LogP contribution in [0.2, 0.25) is 0 Å². The van der Waals surface area contributed by atoms with Crippen LogP contribution in [-0.2, 0) is 9.59 Å². The molecular formula is C21H26N2O4. The highest BCUT2D eigenvalue weighted by atomic mass is 16.5. The summed E-state index contributed by atoms with van der Waals surface area (Å²) in [5, 5.41) is 5.42. The molecule has 0 heterocycles. The van der Waals surface area contributed by atoms with Gasteiger partial charge in [0.15, 0.2) is 6.61 Å². The first-order chi connectivity index (χ1) is 12.8. The number of ether oxygens (including phenoxy) is 2. The molecule has 0 aromatic heterocycles. The Morgan fingerprint density at radius 1 is 1.07 bits per heavy atom. The zero-order valence-corrected chi connectivity index (χ0v) is 16.4. The Bertz CT molecular complexity index is 831. The average Bonchev–Trinajstić information content (AvgIpc) is 2.59. The molecule has 2 N–H and O–H groups in total. The number of amides is 2. The quantitative estimate of drug-likeness (QED) is 0.769. The minimum Gasteiger partial charge on any atom is -0.495 e. The van der Waals surface area contributed by atoms with E-state index in [9.17, 15) is 9.59 Å². The normalized spacial score (nSPS) is 10.4. The van der Waals surface area contributed by atoms with Gasteiger partial charge >= 0.3 is 0 Å². The summed E-state index contributed by atoms with van der Waals surface area (Å²) < 4.78 is 10.9. The number of carbonyl (C=O) groups is 2. The molecular weight excluding hydrogens is 344 g/mol. The summed E-state index contributed by atoms with van der Waals surface area (Å²) in [6.45, 7) is 7.59. The van der Waals surface area contributed by atoms with Crippen molar-refractivity contribution in [3.05, 3.63) is 47.5 Å². The van der Waals surface area contributed by atoms with E-state index in [0.29, 0.717) is 28.8 Å². The molecule has 6 nitrogen and oxygen atoms in total. The van der Waals surface area contributed by atoms with E-state index in [0.717, 1.165) is 5.56 Å². The van der Waals surface area contributed by atoms with E-state index >= 15 is 0 Å². The predicted octanol–water partition coefficient (Wildman–Crippen LogP) is 4.10. The molecule has 144 valence electrons. The summed E-state index contributed by atoms with van der Waals surface area (Å²) in [5.41, 5.74) is 3.42. The molecule has 2 aromatic carbocycles. The Kier molecular flexibility index (Phi) is 6.82. The molecule has 0 spiro atoms. The molecule has 0 saturated carbocycles. The van der Waals surface area contributed by atoms with Crippen LogP contribution in [0.5, 0.6) is 11.5 Å². The number of hydrogen-bond acceptors (Lipinski definition) is 4. The summed E-state index contributed by atoms with van der Waals surface area (Å²) in [5.74, 6) is 1.06. The van der Waals surface area contributed by atoms with Crippen LogP contribution in [0.25, 0.3) is 0 Å². The highest BCUT2D eigenvalue weighted by Crippen LogP contribution is 2.28. The van der Waals surface area contributed by atoms with Crippen molar-refractivity contribution >= 4 is 23.2 Å². The Morgan fingerprint density at radius 2 is 1.81 bits per heavy atom. The van der Waals surface area contributed by atoms with Crippen molar-refractivity contribution in [2.45, 2.75) is 33.6 Å². The molecule has 0 aliphatic heterocycles. The Labute approximate surface area is 159 Å². The van der Waals surface area contributed by atoms with E-state index in [-0.39, 0.29) is 18.4 Å². The molecule has 0 fully saturated rings. The van der Waals surface area contributed by atoms with Gasteiger partial charge in [-0.3, -0.25) is 9.59 Å². The lowest BCUT2D eigenvalue weighted by atomic mass is 9.98. The zero-order chi connectivity index (χ0) is 20.0. The maximum absolute atomic E-state index is 12.3. The monoisotopic (exact) mass is 370 g/mol. The minimum absolute atomic E-state index is 0.131. The standard InChI is InChI=1S/C21H26N2O4/c1-13(2)18-8-7-17(10-14(18)3)27-12-21(25)23-19-11-16(22-15(4)24)6-9-20(19)26-5/h6-11,13H,12H2,1-5H3,(H,22,24)(H,23,25). The molecule has 0 saturated heterocycles. The third-order valence-electron chi connectivity index (χ3n) is 4.03. The van der Waals surface area contributed by atoms with Gasteiger partial charge in [0.05, 0.1) is 12.8 Å². The summed E-state index contributed by atoms with van der Waals surface area (Å²) in [4.78, 5) is 23.5. The summed E-state index contributed by atoms with van der Waals surface area (Å²) >= 11 is 0. The van der Waals surface area contributed by atoms with Gasteiger partial charge in [-0.05, 0) is 54.3 Å². The number of hydrogen-bond donors (Lipinski definition) is 2. The second-order valence-corrected chi connectivity index (χ2v) is 6.61. The summed E-state index contributed by atoms with van der Waals surface area (Å²) in [7, 11) is 1.51. The van der Waals surface area contributed by atoms with Crippen molar-refractivity contribution in [3.8, 4) is 11.5 Å². The number of aryl methyl sites for hydroxylation is 1. The smallest absolute Gasteiger partial charge is 0.262 e. The Balaban J connectivity index is 2.03. The predicted molar refractivity (Wildman–Crippen MR) is 107 cm³/mol. The molecule has 0 aliphatic rings. The fourth-order valence-corrected chi connectivity index (χ4v) is 2.81. The van der Waals surface area contributed by atoms with Crippen molar-refractivity contribution in [2.24, 2.45) is 0 Å². The lowest BCUT2D eigenvalue weighted by Gasteiger charge is -2.14. The maximum Gasteiger partial charge on any atom is 0.262 e. The average molecular weight is 370 g/mol. The van der Waals surface area contributed by atoms with Crippen LogP contribution in [0.4, 0.5) is 11.4 Å². The fourth-order valence-electron chi connectivity index (χ4n) is 2.81. The number of methoxy groups -OCH3 is 1. The fraction of sp³-hybridized carbons (Fsp3) is 0.333. The van der Waals surface area contributed by atoms with Gasteiger partial charge in [-0.2, -0.15) is 0 Å². The largest absolute Gasteiger partial charge is 0.495 e. The van der Waals surface area contributed by atoms with Gasteiger partial charge < -0.3 is 20.1 Å². The molecule has 27 heavy (non-hydrogen) atoms. The van der Waals surface area contributed by atoms with Crippen LogP contribution < -0.4 is 20.1 Å². The maximum atomic E-state index is 12.3. The SMILES string of the molecule is COc1ccc(NC(C)=O)cc1NC(=O)COc1ccc(C(C)C)c(C)c1. The van der Waals surface area contributed by atoms with Crippen molar-refractivity contribution in [3.63, 3.8) is 0 Å². The van der Waals surface area contributed by atoms with Gasteiger partial charge in [-0.25, -0.2) is 0 Å². The van der Waals surface area contributed by atoms with Crippen LogP contribution in [-0.4, -0.2) is 25.5 Å². The van der Waals surface area contributed by atoms with E-state index in [1.165, 1.54) is 19.6 Å². The highest BCUT2D eigenvalue weighted by Gasteiger charge is 2.11. The molecule has 0 bridgehead atoms. The van der Waals surface area contributed by atoms with Gasteiger partial charge in [-0.1, -0.05) is 19.9 Å². The van der Waals surface area contributed by atoms with E-state index < -0.39 is 0 Å². The van der Waals surface area contributed by atoms with Gasteiger partial charge in [0.25, 0.3) is 5.91 Å². The van der Waals surface area contributed by atoms with Crippen molar-refractivity contribution in [1.29, 1.82) is 0 Å². The van der Waals surface area contributed by atoms with E-state index in [1.807, 2.05) is 25.1 Å². The van der Waals surface area contributed by atoms with Gasteiger partial charge in [0.2, 0.25) is 5.91 Å². The molecule has 0 aliphatic carbocycles. The molecule has 2 amide bonds. The zero-order valence-electron chi connectivity index (χ0n) is 16.4. The molecule has 0 unspecified atom stereocenters. The van der Waals surface area contributed by atoms with Crippen molar-refractivity contribution in [1.82, 2.24) is 0 Å². The van der Waals surface area contributed by atoms with Crippen LogP contribution >= 0.6 is 0 Å². The third kappa shape index (κ3) is 5.74. The topological polar surface area (TPSA) is 76.7 Å². The first-order valence-corrected chi connectivity index (χ1v) is 8.79. The number of carbonyl (C=O) groups excluding carboxylic acids is 2. The van der Waals surface area contributed by atoms with Crippen LogP contribution in [0, 0.1) is 6.92 Å². The molecule has 2 aromatic rings. The van der Waals surface area contributed by atoms with Gasteiger partial charge in [0.1, 0.15) is 11.5 Å². The lowest BCUT2D eigenvalue weighted by molar-refractivity contribution is -0.118. The first-order valence-electron chi connectivity index (χ1n) is 8.79. The third-order valence-corrected chi connectivity index (χ3v) is 4.03. The van der Waals surface area contributed by atoms with E-state index in [2.05, 4.69) is 24.5 Å². The van der Waals surface area contributed by atoms with Gasteiger partial charge in [-0.15, -0.1) is 0 Å².